The van der Waals surface area contributed by atoms with Crippen LogP contribution < -0.4 is 0 Å². The summed E-state index contributed by atoms with van der Waals surface area (Å²) in [4.78, 5) is 14.1. The fourth-order valence-corrected chi connectivity index (χ4v) is 3.06. The average molecular weight is 357 g/mol. The molecule has 3 aromatic rings. The summed E-state index contributed by atoms with van der Waals surface area (Å²) in [5.41, 5.74) is 2.31. The van der Waals surface area contributed by atoms with Crippen LogP contribution in [0.3, 0.4) is 0 Å². The Kier molecular flexibility index (Phi) is 5.49. The first kappa shape index (κ1) is 17.2. The predicted molar refractivity (Wildman–Crippen MR) is 94.0 cm³/mol. The Hall–Kier alpha value is -2.61. The highest BCUT2D eigenvalue weighted by atomic mass is 32.2. The molecule has 25 heavy (non-hydrogen) atoms. The van der Waals surface area contributed by atoms with Crippen molar-refractivity contribution in [2.75, 3.05) is 12.8 Å². The highest BCUT2D eigenvalue weighted by Gasteiger charge is 2.14. The molecule has 1 aromatic carbocycles. The van der Waals surface area contributed by atoms with E-state index in [1.807, 2.05) is 43.3 Å². The first-order valence-electron chi connectivity index (χ1n) is 7.82. The Morgan fingerprint density at radius 1 is 1.28 bits per heavy atom. The summed E-state index contributed by atoms with van der Waals surface area (Å²) < 4.78 is 6.92. The summed E-state index contributed by atoms with van der Waals surface area (Å²) in [5, 5.41) is 12.2. The topological polar surface area (TPSA) is 77.1 Å². The number of thioether (sulfide) groups is 1. The minimum atomic E-state index is 0.0260. The summed E-state index contributed by atoms with van der Waals surface area (Å²) in [6.07, 6.45) is 1.61. The minimum absolute atomic E-state index is 0.0260. The molecular formula is C17H19N5O2S. The molecular weight excluding hydrogens is 338 g/mol. The van der Waals surface area contributed by atoms with E-state index in [1.165, 1.54) is 17.3 Å². The summed E-state index contributed by atoms with van der Waals surface area (Å²) in [6.45, 7) is 3.06. The van der Waals surface area contributed by atoms with Gasteiger partial charge in [-0.3, -0.25) is 4.79 Å². The van der Waals surface area contributed by atoms with E-state index >= 15 is 0 Å². The zero-order valence-corrected chi connectivity index (χ0v) is 14.9. The van der Waals surface area contributed by atoms with Crippen LogP contribution >= 0.6 is 11.8 Å². The monoisotopic (exact) mass is 357 g/mol. The van der Waals surface area contributed by atoms with Gasteiger partial charge in [-0.05, 0) is 35.0 Å². The Balaban J connectivity index is 1.53. The van der Waals surface area contributed by atoms with Crippen molar-refractivity contribution in [3.8, 4) is 0 Å². The van der Waals surface area contributed by atoms with Crippen LogP contribution in [0.15, 0.2) is 52.2 Å². The van der Waals surface area contributed by atoms with E-state index in [9.17, 15) is 4.79 Å². The molecule has 0 N–H and O–H groups in total. The maximum atomic E-state index is 12.3. The number of hydrogen-bond donors (Lipinski definition) is 0. The van der Waals surface area contributed by atoms with Crippen LogP contribution in [0.25, 0.3) is 0 Å². The standard InChI is InChI=1S/C17H19N5O2S/c1-13-5-7-14(8-6-13)10-21(2)16(23)12-25-17-18-19-20-22(17)11-15-4-3-9-24-15/h3-9H,10-12H2,1-2H3. The van der Waals surface area contributed by atoms with Gasteiger partial charge >= 0.3 is 0 Å². The molecule has 7 nitrogen and oxygen atoms in total. The van der Waals surface area contributed by atoms with Crippen molar-refractivity contribution in [1.29, 1.82) is 0 Å². The average Bonchev–Trinajstić information content (AvgIpc) is 3.27. The van der Waals surface area contributed by atoms with Crippen LogP contribution in [-0.2, 0) is 17.9 Å². The van der Waals surface area contributed by atoms with E-state index in [-0.39, 0.29) is 11.7 Å². The summed E-state index contributed by atoms with van der Waals surface area (Å²) in [5.74, 6) is 1.07. The van der Waals surface area contributed by atoms with Gasteiger partial charge in [0, 0.05) is 13.6 Å². The molecule has 8 heteroatoms. The molecule has 0 fully saturated rings. The number of benzene rings is 1. The Morgan fingerprint density at radius 3 is 2.80 bits per heavy atom. The molecule has 0 spiro atoms. The van der Waals surface area contributed by atoms with Gasteiger partial charge in [-0.15, -0.1) is 5.10 Å². The zero-order chi connectivity index (χ0) is 17.6. The number of tetrazole rings is 1. The van der Waals surface area contributed by atoms with Gasteiger partial charge in [-0.25, -0.2) is 4.68 Å². The van der Waals surface area contributed by atoms with Crippen LogP contribution in [0.2, 0.25) is 0 Å². The number of hydrogen-bond acceptors (Lipinski definition) is 6. The zero-order valence-electron chi connectivity index (χ0n) is 14.1. The van der Waals surface area contributed by atoms with Crippen molar-refractivity contribution < 1.29 is 9.21 Å². The van der Waals surface area contributed by atoms with E-state index in [1.54, 1.807) is 22.9 Å². The lowest BCUT2D eigenvalue weighted by atomic mass is 10.1. The molecule has 2 heterocycles. The molecule has 0 atom stereocenters. The van der Waals surface area contributed by atoms with Crippen LogP contribution in [0.4, 0.5) is 0 Å². The molecule has 0 bridgehead atoms. The second-order valence-corrected chi connectivity index (χ2v) is 6.67. The summed E-state index contributed by atoms with van der Waals surface area (Å²) >= 11 is 1.32. The van der Waals surface area contributed by atoms with Crippen molar-refractivity contribution in [3.05, 3.63) is 59.5 Å². The molecule has 0 aliphatic heterocycles. The van der Waals surface area contributed by atoms with E-state index in [4.69, 9.17) is 4.42 Å². The van der Waals surface area contributed by atoms with Gasteiger partial charge in [-0.1, -0.05) is 41.6 Å². The highest BCUT2D eigenvalue weighted by molar-refractivity contribution is 7.99. The maximum absolute atomic E-state index is 12.3. The maximum Gasteiger partial charge on any atom is 0.233 e. The van der Waals surface area contributed by atoms with Crippen molar-refractivity contribution in [2.24, 2.45) is 0 Å². The molecule has 0 unspecified atom stereocenters. The van der Waals surface area contributed by atoms with Crippen LogP contribution in [0.1, 0.15) is 16.9 Å². The first-order valence-corrected chi connectivity index (χ1v) is 8.81. The van der Waals surface area contributed by atoms with Gasteiger partial charge < -0.3 is 9.32 Å². The van der Waals surface area contributed by atoms with Crippen molar-refractivity contribution in [3.63, 3.8) is 0 Å². The first-order chi connectivity index (χ1) is 12.1. The number of nitrogens with zero attached hydrogens (tertiary/aromatic N) is 5. The smallest absolute Gasteiger partial charge is 0.233 e. The molecule has 0 saturated heterocycles. The fraction of sp³-hybridized carbons (Fsp3) is 0.294. The molecule has 0 saturated carbocycles. The second-order valence-electron chi connectivity index (χ2n) is 5.72. The van der Waals surface area contributed by atoms with E-state index < -0.39 is 0 Å². The lowest BCUT2D eigenvalue weighted by Gasteiger charge is -2.17. The number of amides is 1. The predicted octanol–water partition coefficient (Wildman–Crippen LogP) is 2.37. The van der Waals surface area contributed by atoms with Gasteiger partial charge in [0.25, 0.3) is 0 Å². The number of aromatic nitrogens is 4. The third-order valence-corrected chi connectivity index (χ3v) is 4.62. The number of furan rings is 1. The molecule has 0 radical (unpaired) electrons. The highest BCUT2D eigenvalue weighted by Crippen LogP contribution is 2.16. The summed E-state index contributed by atoms with van der Waals surface area (Å²) in [6, 6.07) is 11.8. The van der Waals surface area contributed by atoms with Crippen LogP contribution in [0.5, 0.6) is 0 Å². The quantitative estimate of drug-likeness (QED) is 0.604. The normalized spacial score (nSPS) is 10.8. The number of rotatable bonds is 7. The largest absolute Gasteiger partial charge is 0.467 e. The van der Waals surface area contributed by atoms with E-state index in [0.29, 0.717) is 18.2 Å². The van der Waals surface area contributed by atoms with E-state index in [0.717, 1.165) is 11.3 Å². The van der Waals surface area contributed by atoms with Crippen molar-refractivity contribution >= 4 is 17.7 Å². The Bertz CT molecular complexity index is 814. The lowest BCUT2D eigenvalue weighted by molar-refractivity contribution is -0.127. The second kappa shape index (κ2) is 7.98. The number of carbonyl (C=O) groups excluding carboxylic acids is 1. The molecule has 3 rings (SSSR count). The molecule has 0 aliphatic carbocycles. The third kappa shape index (κ3) is 4.69. The lowest BCUT2D eigenvalue weighted by Crippen LogP contribution is -2.27. The SMILES string of the molecule is Cc1ccc(CN(C)C(=O)CSc2nnnn2Cc2ccco2)cc1. The number of aryl methyl sites for hydroxylation is 1. The van der Waals surface area contributed by atoms with Gasteiger partial charge in [0.15, 0.2) is 0 Å². The minimum Gasteiger partial charge on any atom is -0.467 e. The van der Waals surface area contributed by atoms with Gasteiger partial charge in [0.2, 0.25) is 11.1 Å². The molecule has 0 aliphatic rings. The van der Waals surface area contributed by atoms with Gasteiger partial charge in [-0.2, -0.15) is 0 Å². The molecule has 1 amide bonds. The van der Waals surface area contributed by atoms with Gasteiger partial charge in [0.05, 0.1) is 12.0 Å². The third-order valence-electron chi connectivity index (χ3n) is 3.68. The fourth-order valence-electron chi connectivity index (χ4n) is 2.24. The molecule has 130 valence electrons. The Morgan fingerprint density at radius 2 is 2.08 bits per heavy atom. The van der Waals surface area contributed by atoms with Crippen molar-refractivity contribution in [2.45, 2.75) is 25.2 Å². The number of carbonyl (C=O) groups is 1. The van der Waals surface area contributed by atoms with Crippen molar-refractivity contribution in [1.82, 2.24) is 25.1 Å². The summed E-state index contributed by atoms with van der Waals surface area (Å²) in [7, 11) is 1.80. The Labute approximate surface area is 150 Å². The van der Waals surface area contributed by atoms with Gasteiger partial charge in [0.1, 0.15) is 12.3 Å². The van der Waals surface area contributed by atoms with Crippen LogP contribution in [-0.4, -0.2) is 43.8 Å². The molecule has 2 aromatic heterocycles. The van der Waals surface area contributed by atoms with Crippen LogP contribution in [0, 0.1) is 6.92 Å². The van der Waals surface area contributed by atoms with E-state index in [2.05, 4.69) is 15.5 Å².